The predicted octanol–water partition coefficient (Wildman–Crippen LogP) is 3.73. The van der Waals surface area contributed by atoms with Gasteiger partial charge in [-0.25, -0.2) is 0 Å². The molecule has 1 atom stereocenters. The maximum atomic E-state index is 12.6. The smallest absolute Gasteiger partial charge is 0.255 e. The molecule has 0 aliphatic carbocycles. The third kappa shape index (κ3) is 5.70. The van der Waals surface area contributed by atoms with Crippen LogP contribution in [0.4, 0.5) is 0 Å². The van der Waals surface area contributed by atoms with Gasteiger partial charge in [-0.2, -0.15) is 0 Å². The van der Waals surface area contributed by atoms with E-state index >= 15 is 0 Å². The van der Waals surface area contributed by atoms with Crippen LogP contribution in [0.25, 0.3) is 0 Å². The summed E-state index contributed by atoms with van der Waals surface area (Å²) in [6.45, 7) is 9.05. The van der Waals surface area contributed by atoms with Crippen molar-refractivity contribution in [3.8, 4) is 5.75 Å². The number of benzene rings is 1. The lowest BCUT2D eigenvalue weighted by Crippen LogP contribution is -2.43. The molecule has 4 nitrogen and oxygen atoms in total. The summed E-state index contributed by atoms with van der Waals surface area (Å²) in [5, 5.41) is 3.60. The fraction of sp³-hybridized carbons (Fsp3) is 0.611. The van der Waals surface area contributed by atoms with E-state index in [-0.39, 0.29) is 18.1 Å². The summed E-state index contributed by atoms with van der Waals surface area (Å²) in [4.78, 5) is 15.0. The molecule has 2 rings (SSSR count). The van der Waals surface area contributed by atoms with Gasteiger partial charge in [-0.3, -0.25) is 4.79 Å². The molecule has 1 saturated heterocycles. The van der Waals surface area contributed by atoms with E-state index in [4.69, 9.17) is 16.3 Å². The summed E-state index contributed by atoms with van der Waals surface area (Å²) in [7, 11) is 0. The van der Waals surface area contributed by atoms with Gasteiger partial charge >= 0.3 is 0 Å². The van der Waals surface area contributed by atoms with Crippen LogP contribution in [-0.4, -0.2) is 42.6 Å². The van der Waals surface area contributed by atoms with Gasteiger partial charge in [-0.05, 0) is 64.9 Å². The standard InChI is InChI=1S/C18H27ClN2O2/c1-13(2)23-17-8-7-15(19)11-16(17)18(22)20-14(3)12-21-9-5-4-6-10-21/h7-8,11,13-14H,4-6,9-10,12H2,1-3H3,(H,20,22). The van der Waals surface area contributed by atoms with E-state index in [2.05, 4.69) is 10.2 Å². The summed E-state index contributed by atoms with van der Waals surface area (Å²) in [5.74, 6) is 0.444. The quantitative estimate of drug-likeness (QED) is 0.859. The second-order valence-corrected chi connectivity index (χ2v) is 6.98. The second-order valence-electron chi connectivity index (χ2n) is 6.54. The molecular formula is C18H27ClN2O2. The normalized spacial score (nSPS) is 17.1. The Labute approximate surface area is 144 Å². The molecule has 1 N–H and O–H groups in total. The van der Waals surface area contributed by atoms with Gasteiger partial charge in [0.15, 0.2) is 0 Å². The number of likely N-dealkylation sites (tertiary alicyclic amines) is 1. The monoisotopic (exact) mass is 338 g/mol. The maximum Gasteiger partial charge on any atom is 0.255 e. The SMILES string of the molecule is CC(CN1CCCCC1)NC(=O)c1cc(Cl)ccc1OC(C)C. The Hall–Kier alpha value is -1.26. The third-order valence-electron chi connectivity index (χ3n) is 3.91. The number of carbonyl (C=O) groups is 1. The number of nitrogens with one attached hydrogen (secondary N) is 1. The molecule has 23 heavy (non-hydrogen) atoms. The van der Waals surface area contributed by atoms with Crippen LogP contribution < -0.4 is 10.1 Å². The van der Waals surface area contributed by atoms with Crippen LogP contribution in [0.3, 0.4) is 0 Å². The van der Waals surface area contributed by atoms with Gasteiger partial charge < -0.3 is 15.0 Å². The van der Waals surface area contributed by atoms with Crippen molar-refractivity contribution in [2.75, 3.05) is 19.6 Å². The Kier molecular flexibility index (Phi) is 6.72. The van der Waals surface area contributed by atoms with E-state index in [1.807, 2.05) is 20.8 Å². The molecular weight excluding hydrogens is 312 g/mol. The molecule has 1 amide bonds. The molecule has 128 valence electrons. The summed E-state index contributed by atoms with van der Waals surface area (Å²) in [6, 6.07) is 5.26. The number of hydrogen-bond acceptors (Lipinski definition) is 3. The van der Waals surface area contributed by atoms with Crippen LogP contribution in [0.2, 0.25) is 5.02 Å². The van der Waals surface area contributed by atoms with Crippen molar-refractivity contribution in [3.05, 3.63) is 28.8 Å². The van der Waals surface area contributed by atoms with Gasteiger partial charge in [0.05, 0.1) is 11.7 Å². The first-order valence-corrected chi connectivity index (χ1v) is 8.83. The van der Waals surface area contributed by atoms with Gasteiger partial charge in [-0.15, -0.1) is 0 Å². The van der Waals surface area contributed by atoms with Crippen molar-refractivity contribution < 1.29 is 9.53 Å². The van der Waals surface area contributed by atoms with Crippen LogP contribution in [0.15, 0.2) is 18.2 Å². The largest absolute Gasteiger partial charge is 0.490 e. The molecule has 1 aromatic rings. The highest BCUT2D eigenvalue weighted by Crippen LogP contribution is 2.24. The molecule has 1 aliphatic heterocycles. The lowest BCUT2D eigenvalue weighted by molar-refractivity contribution is 0.0920. The maximum absolute atomic E-state index is 12.6. The van der Waals surface area contributed by atoms with Crippen LogP contribution in [-0.2, 0) is 0 Å². The first-order valence-electron chi connectivity index (χ1n) is 8.45. The Morgan fingerprint density at radius 1 is 1.26 bits per heavy atom. The lowest BCUT2D eigenvalue weighted by atomic mass is 10.1. The molecule has 5 heteroatoms. The predicted molar refractivity (Wildman–Crippen MR) is 94.4 cm³/mol. The van der Waals surface area contributed by atoms with Gasteiger partial charge in [0.25, 0.3) is 5.91 Å². The van der Waals surface area contributed by atoms with Crippen LogP contribution in [0.5, 0.6) is 5.75 Å². The zero-order valence-corrected chi connectivity index (χ0v) is 15.0. The van der Waals surface area contributed by atoms with Gasteiger partial charge in [-0.1, -0.05) is 18.0 Å². The number of carbonyl (C=O) groups excluding carboxylic acids is 1. The highest BCUT2D eigenvalue weighted by atomic mass is 35.5. The molecule has 0 radical (unpaired) electrons. The number of piperidine rings is 1. The molecule has 0 aromatic heterocycles. The molecule has 0 saturated carbocycles. The Morgan fingerprint density at radius 3 is 2.61 bits per heavy atom. The summed E-state index contributed by atoms with van der Waals surface area (Å²) in [5.41, 5.74) is 0.497. The van der Waals surface area contributed by atoms with Crippen molar-refractivity contribution in [1.82, 2.24) is 10.2 Å². The first kappa shape index (κ1) is 18.1. The van der Waals surface area contributed by atoms with Crippen LogP contribution in [0, 0.1) is 0 Å². The summed E-state index contributed by atoms with van der Waals surface area (Å²) < 4.78 is 5.72. The van der Waals surface area contributed by atoms with Gasteiger partial charge in [0.1, 0.15) is 5.75 Å². The van der Waals surface area contributed by atoms with Crippen molar-refractivity contribution in [3.63, 3.8) is 0 Å². The van der Waals surface area contributed by atoms with Gasteiger partial charge in [0.2, 0.25) is 0 Å². The average molecular weight is 339 g/mol. The minimum atomic E-state index is -0.132. The summed E-state index contributed by atoms with van der Waals surface area (Å²) in [6.07, 6.45) is 3.83. The Morgan fingerprint density at radius 2 is 1.96 bits per heavy atom. The molecule has 1 fully saturated rings. The highest BCUT2D eigenvalue weighted by Gasteiger charge is 2.19. The number of amides is 1. The Balaban J connectivity index is 1.99. The van der Waals surface area contributed by atoms with Crippen molar-refractivity contribution in [1.29, 1.82) is 0 Å². The molecule has 1 aliphatic rings. The molecule has 0 spiro atoms. The average Bonchev–Trinajstić information content (AvgIpc) is 2.49. The molecule has 1 heterocycles. The van der Waals surface area contributed by atoms with Crippen molar-refractivity contribution in [2.45, 2.75) is 52.2 Å². The first-order chi connectivity index (χ1) is 11.0. The zero-order valence-electron chi connectivity index (χ0n) is 14.3. The number of hydrogen-bond donors (Lipinski definition) is 1. The van der Waals surface area contributed by atoms with Crippen LogP contribution in [0.1, 0.15) is 50.4 Å². The zero-order chi connectivity index (χ0) is 16.8. The topological polar surface area (TPSA) is 41.6 Å². The second kappa shape index (κ2) is 8.55. The van der Waals surface area contributed by atoms with E-state index in [0.717, 1.165) is 19.6 Å². The van der Waals surface area contributed by atoms with E-state index in [0.29, 0.717) is 16.3 Å². The van der Waals surface area contributed by atoms with E-state index in [1.165, 1.54) is 19.3 Å². The number of nitrogens with zero attached hydrogens (tertiary/aromatic N) is 1. The van der Waals surface area contributed by atoms with Gasteiger partial charge in [0, 0.05) is 17.6 Å². The minimum Gasteiger partial charge on any atom is -0.490 e. The fourth-order valence-corrected chi connectivity index (χ4v) is 3.08. The molecule has 0 bridgehead atoms. The van der Waals surface area contributed by atoms with Crippen molar-refractivity contribution >= 4 is 17.5 Å². The van der Waals surface area contributed by atoms with Crippen LogP contribution >= 0.6 is 11.6 Å². The molecule has 1 unspecified atom stereocenters. The van der Waals surface area contributed by atoms with E-state index in [9.17, 15) is 4.79 Å². The lowest BCUT2D eigenvalue weighted by Gasteiger charge is -2.29. The van der Waals surface area contributed by atoms with Crippen molar-refractivity contribution in [2.24, 2.45) is 0 Å². The number of halogens is 1. The highest BCUT2D eigenvalue weighted by molar-refractivity contribution is 6.31. The Bertz CT molecular complexity index is 528. The summed E-state index contributed by atoms with van der Waals surface area (Å²) >= 11 is 6.05. The van der Waals surface area contributed by atoms with E-state index < -0.39 is 0 Å². The number of rotatable bonds is 6. The number of ether oxygens (including phenoxy) is 1. The third-order valence-corrected chi connectivity index (χ3v) is 4.14. The molecule has 1 aromatic carbocycles. The fourth-order valence-electron chi connectivity index (χ4n) is 2.91. The minimum absolute atomic E-state index is 0.00787. The van der Waals surface area contributed by atoms with E-state index in [1.54, 1.807) is 18.2 Å².